The highest BCUT2D eigenvalue weighted by molar-refractivity contribution is 7.09. The van der Waals surface area contributed by atoms with Crippen molar-refractivity contribution in [2.24, 2.45) is 0 Å². The highest BCUT2D eigenvalue weighted by Gasteiger charge is 2.21. The van der Waals surface area contributed by atoms with Crippen molar-refractivity contribution < 1.29 is 9.47 Å². The lowest BCUT2D eigenvalue weighted by Crippen LogP contribution is -2.26. The number of hydrogen-bond donors (Lipinski definition) is 1. The smallest absolute Gasteiger partial charge is 0.202 e. The maximum absolute atomic E-state index is 5.78. The van der Waals surface area contributed by atoms with Crippen LogP contribution in [-0.4, -0.2) is 41.3 Å². The van der Waals surface area contributed by atoms with Gasteiger partial charge in [-0.1, -0.05) is 20.8 Å². The van der Waals surface area contributed by atoms with Crippen LogP contribution in [-0.2, 0) is 14.9 Å². The van der Waals surface area contributed by atoms with E-state index in [9.17, 15) is 0 Å². The van der Waals surface area contributed by atoms with E-state index in [0.717, 1.165) is 30.6 Å². The average Bonchev–Trinajstić information content (AvgIpc) is 2.95. The van der Waals surface area contributed by atoms with Gasteiger partial charge in [-0.3, -0.25) is 0 Å². The Morgan fingerprint density at radius 1 is 1.53 bits per heavy atom. The lowest BCUT2D eigenvalue weighted by atomic mass is 9.96. The van der Waals surface area contributed by atoms with Crippen LogP contribution in [0.4, 0.5) is 5.13 Å². The number of aromatic nitrogens is 2. The van der Waals surface area contributed by atoms with Crippen LogP contribution in [0, 0.1) is 0 Å². The Morgan fingerprint density at radius 2 is 2.32 bits per heavy atom. The van der Waals surface area contributed by atoms with Crippen LogP contribution in [0.2, 0.25) is 0 Å². The Bertz CT molecular complexity index is 397. The van der Waals surface area contributed by atoms with E-state index < -0.39 is 0 Å². The maximum Gasteiger partial charge on any atom is 0.202 e. The summed E-state index contributed by atoms with van der Waals surface area (Å²) in [5.74, 6) is 0.886. The van der Waals surface area contributed by atoms with Crippen molar-refractivity contribution in [1.29, 1.82) is 0 Å². The molecule has 6 heteroatoms. The predicted molar refractivity (Wildman–Crippen MR) is 76.9 cm³/mol. The van der Waals surface area contributed by atoms with Gasteiger partial charge in [0, 0.05) is 29.6 Å². The van der Waals surface area contributed by atoms with E-state index >= 15 is 0 Å². The second-order valence-corrected chi connectivity index (χ2v) is 6.79. The Morgan fingerprint density at radius 3 is 2.89 bits per heavy atom. The largest absolute Gasteiger partial charge is 0.379 e. The molecule has 19 heavy (non-hydrogen) atoms. The summed E-state index contributed by atoms with van der Waals surface area (Å²) in [6.45, 7) is 10.6. The van der Waals surface area contributed by atoms with E-state index in [1.807, 2.05) is 0 Å². The third-order valence-electron chi connectivity index (χ3n) is 2.94. The molecular weight excluding hydrogens is 262 g/mol. The molecule has 0 bridgehead atoms. The van der Waals surface area contributed by atoms with Gasteiger partial charge in [0.1, 0.15) is 5.82 Å². The minimum absolute atomic E-state index is 0.00262. The molecule has 2 rings (SSSR count). The van der Waals surface area contributed by atoms with Crippen molar-refractivity contribution in [3.8, 4) is 0 Å². The lowest BCUT2D eigenvalue weighted by molar-refractivity contribution is 0.0395. The molecule has 1 fully saturated rings. The van der Waals surface area contributed by atoms with Crippen molar-refractivity contribution in [2.75, 3.05) is 25.1 Å². The van der Waals surface area contributed by atoms with Gasteiger partial charge in [0.15, 0.2) is 0 Å². The van der Waals surface area contributed by atoms with Gasteiger partial charge in [0.25, 0.3) is 0 Å². The van der Waals surface area contributed by atoms with E-state index in [2.05, 4.69) is 42.4 Å². The molecule has 1 aliphatic heterocycles. The molecule has 2 unspecified atom stereocenters. The third-order valence-corrected chi connectivity index (χ3v) is 3.58. The molecule has 0 radical (unpaired) electrons. The van der Waals surface area contributed by atoms with Gasteiger partial charge in [-0.2, -0.15) is 4.37 Å². The second-order valence-electron chi connectivity index (χ2n) is 6.04. The van der Waals surface area contributed by atoms with E-state index in [4.69, 9.17) is 9.47 Å². The fourth-order valence-electron chi connectivity index (χ4n) is 1.76. The first-order valence-corrected chi connectivity index (χ1v) is 7.52. The van der Waals surface area contributed by atoms with Gasteiger partial charge < -0.3 is 14.8 Å². The van der Waals surface area contributed by atoms with Crippen LogP contribution < -0.4 is 5.32 Å². The van der Waals surface area contributed by atoms with Crippen LogP contribution in [0.25, 0.3) is 0 Å². The summed E-state index contributed by atoms with van der Waals surface area (Å²) in [4.78, 5) is 4.52. The van der Waals surface area contributed by atoms with Gasteiger partial charge in [0.05, 0.1) is 19.3 Å². The summed E-state index contributed by atoms with van der Waals surface area (Å²) < 4.78 is 15.4. The van der Waals surface area contributed by atoms with Gasteiger partial charge in [-0.15, -0.1) is 0 Å². The lowest BCUT2D eigenvalue weighted by Gasteiger charge is -2.16. The van der Waals surface area contributed by atoms with Crippen molar-refractivity contribution in [2.45, 2.75) is 51.7 Å². The van der Waals surface area contributed by atoms with Crippen molar-refractivity contribution >= 4 is 16.7 Å². The van der Waals surface area contributed by atoms with Crippen molar-refractivity contribution in [3.05, 3.63) is 5.82 Å². The van der Waals surface area contributed by atoms with Gasteiger partial charge in [0.2, 0.25) is 5.13 Å². The molecule has 108 valence electrons. The minimum Gasteiger partial charge on any atom is -0.379 e. The Kier molecular flexibility index (Phi) is 4.76. The fourth-order valence-corrected chi connectivity index (χ4v) is 2.63. The molecule has 1 N–H and O–H groups in total. The number of nitrogens with zero attached hydrogens (tertiary/aromatic N) is 2. The maximum atomic E-state index is 5.78. The minimum atomic E-state index is -0.00262. The molecule has 0 amide bonds. The van der Waals surface area contributed by atoms with Crippen molar-refractivity contribution in [1.82, 2.24) is 9.36 Å². The topological polar surface area (TPSA) is 56.3 Å². The zero-order valence-corrected chi connectivity index (χ0v) is 12.9. The van der Waals surface area contributed by atoms with Crippen LogP contribution in [0.5, 0.6) is 0 Å². The molecule has 1 aromatic rings. The fraction of sp³-hybridized carbons (Fsp3) is 0.846. The van der Waals surface area contributed by atoms with E-state index in [1.54, 1.807) is 0 Å². The third kappa shape index (κ3) is 4.40. The number of rotatable bonds is 5. The van der Waals surface area contributed by atoms with Crippen LogP contribution in [0.1, 0.15) is 39.9 Å². The van der Waals surface area contributed by atoms with E-state index in [-0.39, 0.29) is 17.6 Å². The summed E-state index contributed by atoms with van der Waals surface area (Å²) in [5.41, 5.74) is -0.00262. The molecule has 2 heterocycles. The van der Waals surface area contributed by atoms with Gasteiger partial charge in [-0.25, -0.2) is 4.98 Å². The zero-order valence-electron chi connectivity index (χ0n) is 12.1. The highest BCUT2D eigenvalue weighted by atomic mass is 32.1. The zero-order chi connectivity index (χ0) is 13.9. The summed E-state index contributed by atoms with van der Waals surface area (Å²) in [7, 11) is 0. The number of nitrogens with one attached hydrogen (secondary N) is 1. The van der Waals surface area contributed by atoms with Crippen LogP contribution >= 0.6 is 11.5 Å². The Balaban J connectivity index is 1.78. The standard InChI is InChI=1S/C13H23N3O2S/c1-9(7-18-10-5-6-17-8-10)14-12-15-11(16-19-12)13(2,3)4/h9-10H,5-8H2,1-4H3,(H,14,15,16). The SMILES string of the molecule is CC(COC1CCOC1)Nc1nc(C(C)(C)C)ns1. The Hall–Kier alpha value is -0.720. The number of ether oxygens (including phenoxy) is 2. The second kappa shape index (κ2) is 6.15. The molecule has 0 aliphatic carbocycles. The molecule has 1 aliphatic rings. The first-order valence-electron chi connectivity index (χ1n) is 6.75. The van der Waals surface area contributed by atoms with Crippen LogP contribution in [0.3, 0.4) is 0 Å². The van der Waals surface area contributed by atoms with Gasteiger partial charge in [-0.05, 0) is 13.3 Å². The summed E-state index contributed by atoms with van der Waals surface area (Å²) in [5, 5.41) is 4.20. The van der Waals surface area contributed by atoms with E-state index in [1.165, 1.54) is 11.5 Å². The monoisotopic (exact) mass is 285 g/mol. The first-order chi connectivity index (χ1) is 8.95. The predicted octanol–water partition coefficient (Wildman–Crippen LogP) is 2.44. The van der Waals surface area contributed by atoms with Crippen molar-refractivity contribution in [3.63, 3.8) is 0 Å². The average molecular weight is 285 g/mol. The molecule has 5 nitrogen and oxygen atoms in total. The molecule has 0 saturated carbocycles. The molecule has 0 aromatic carbocycles. The quantitative estimate of drug-likeness (QED) is 0.900. The molecule has 1 saturated heterocycles. The summed E-state index contributed by atoms with van der Waals surface area (Å²) in [6, 6.07) is 0.223. The van der Waals surface area contributed by atoms with Crippen LogP contribution in [0.15, 0.2) is 0 Å². The first kappa shape index (κ1) is 14.7. The number of anilines is 1. The molecular formula is C13H23N3O2S. The molecule has 1 aromatic heterocycles. The highest BCUT2D eigenvalue weighted by Crippen LogP contribution is 2.23. The Labute approximate surface area is 118 Å². The van der Waals surface area contributed by atoms with E-state index in [0.29, 0.717) is 6.61 Å². The summed E-state index contributed by atoms with van der Waals surface area (Å²) in [6.07, 6.45) is 1.25. The summed E-state index contributed by atoms with van der Waals surface area (Å²) >= 11 is 1.41. The molecule has 0 spiro atoms. The van der Waals surface area contributed by atoms with Gasteiger partial charge >= 0.3 is 0 Å². The normalized spacial score (nSPS) is 21.6. The number of hydrogen-bond acceptors (Lipinski definition) is 6. The molecule has 2 atom stereocenters.